The molecule has 0 atom stereocenters. The predicted molar refractivity (Wildman–Crippen MR) is 376 cm³/mol. The highest BCUT2D eigenvalue weighted by atomic mass is 19.3. The summed E-state index contributed by atoms with van der Waals surface area (Å²) in [5.74, 6) is -4.71. The summed E-state index contributed by atoms with van der Waals surface area (Å²) in [6.07, 6.45) is 5.24. The molecular formula is C79H74F2N8O4. The molecule has 0 fully saturated rings. The van der Waals surface area contributed by atoms with E-state index in [4.69, 9.17) is 21.9 Å². The maximum atomic E-state index is 14.1. The van der Waals surface area contributed by atoms with Crippen molar-refractivity contribution in [3.8, 4) is 17.1 Å². The Balaban J connectivity index is 0.000000119. The maximum absolute atomic E-state index is 14.1. The zero-order chi connectivity index (χ0) is 66.0. The molecule has 93 heavy (non-hydrogen) atoms. The summed E-state index contributed by atoms with van der Waals surface area (Å²) >= 11 is 0. The van der Waals surface area contributed by atoms with E-state index >= 15 is 0 Å². The van der Waals surface area contributed by atoms with Gasteiger partial charge in [-0.3, -0.25) is 24.2 Å². The summed E-state index contributed by atoms with van der Waals surface area (Å²) in [7, 11) is 1.67. The van der Waals surface area contributed by atoms with Crippen LogP contribution in [0.4, 0.5) is 60.0 Å². The van der Waals surface area contributed by atoms with Gasteiger partial charge in [0.05, 0.1) is 40.6 Å². The lowest BCUT2D eigenvalue weighted by atomic mass is 10.1. The molecular weight excluding hydrogens is 1160 g/mol. The number of hydrogen-bond donors (Lipinski definition) is 3. The number of carbonyl (C=O) groups excluding carboxylic acids is 3. The van der Waals surface area contributed by atoms with Crippen molar-refractivity contribution in [2.75, 3.05) is 45.6 Å². The summed E-state index contributed by atoms with van der Waals surface area (Å²) in [4.78, 5) is 41.2. The van der Waals surface area contributed by atoms with E-state index < -0.39 is 23.5 Å². The first-order valence-electron chi connectivity index (χ1n) is 30.7. The molecule has 15 rings (SSSR count). The number of halogens is 2. The second-order valence-corrected chi connectivity index (χ2v) is 24.1. The Hall–Kier alpha value is -11.3. The fourth-order valence-corrected chi connectivity index (χ4v) is 12.5. The first-order valence-corrected chi connectivity index (χ1v) is 30.7. The fraction of sp³-hybridized carbons (Fsp3) is 0.152. The van der Waals surface area contributed by atoms with E-state index in [1.807, 2.05) is 125 Å². The van der Waals surface area contributed by atoms with Crippen LogP contribution < -0.4 is 36.6 Å². The van der Waals surface area contributed by atoms with E-state index in [2.05, 4.69) is 115 Å². The lowest BCUT2D eigenvalue weighted by molar-refractivity contribution is -0.140. The average molecular weight is 1240 g/mol. The molecule has 468 valence electrons. The summed E-state index contributed by atoms with van der Waals surface area (Å²) in [5, 5.41) is 2.36. The van der Waals surface area contributed by atoms with E-state index in [1.165, 1.54) is 67.3 Å². The van der Waals surface area contributed by atoms with Crippen molar-refractivity contribution in [3.05, 3.63) is 286 Å². The zero-order valence-electron chi connectivity index (χ0n) is 53.6. The zero-order valence-corrected chi connectivity index (χ0v) is 53.6. The number of nitrogens with two attached hydrogens (primary N) is 3. The summed E-state index contributed by atoms with van der Waals surface area (Å²) in [5.41, 5.74) is 40.1. The molecule has 2 amide bonds. The van der Waals surface area contributed by atoms with Crippen LogP contribution in [0.25, 0.3) is 33.2 Å². The number of ketones is 1. The molecule has 0 aliphatic carbocycles. The first-order chi connectivity index (χ1) is 44.5. The van der Waals surface area contributed by atoms with Crippen molar-refractivity contribution in [1.82, 2.24) is 9.13 Å². The molecule has 2 aromatic heterocycles. The van der Waals surface area contributed by atoms with Crippen molar-refractivity contribution in [3.63, 3.8) is 0 Å². The van der Waals surface area contributed by atoms with E-state index in [-0.39, 0.29) is 11.3 Å². The number of Topliss-reactive ketones (excluding diaryl/α,β-unsaturated/α-hetero) is 1. The quantitative estimate of drug-likeness (QED) is 0.110. The number of methoxy groups -OCH3 is 1. The van der Waals surface area contributed by atoms with Gasteiger partial charge in [-0.25, -0.2) is 0 Å². The smallest absolute Gasteiger partial charge is 0.352 e. The first kappa shape index (κ1) is 63.3. The molecule has 0 radical (unpaired) electrons. The predicted octanol–water partition coefficient (Wildman–Crippen LogP) is 17.9. The van der Waals surface area contributed by atoms with Crippen molar-refractivity contribution in [2.24, 2.45) is 0 Å². The molecule has 0 bridgehead atoms. The molecule has 6 N–H and O–H groups in total. The summed E-state index contributed by atoms with van der Waals surface area (Å²) in [6.45, 7) is 17.3. The molecule has 3 aliphatic rings. The number of amides is 2. The number of para-hydroxylation sites is 2. The number of hydrogen-bond acceptors (Lipinski definition) is 8. The maximum Gasteiger partial charge on any atom is 0.352 e. The second kappa shape index (κ2) is 26.3. The molecule has 10 aromatic carbocycles. The van der Waals surface area contributed by atoms with Gasteiger partial charge in [-0.2, -0.15) is 8.78 Å². The number of aryl methyl sites for hydroxylation is 8. The number of anilines is 9. The van der Waals surface area contributed by atoms with Crippen LogP contribution in [0.5, 0.6) is 5.75 Å². The fourth-order valence-electron chi connectivity index (χ4n) is 12.5. The third-order valence-corrected chi connectivity index (χ3v) is 16.5. The van der Waals surface area contributed by atoms with Gasteiger partial charge in [0.2, 0.25) is 0 Å². The molecule has 0 saturated carbocycles. The minimum atomic E-state index is -3.46. The normalized spacial score (nSPS) is 13.2. The van der Waals surface area contributed by atoms with Crippen LogP contribution in [0.2, 0.25) is 0 Å². The molecule has 14 heteroatoms. The molecule has 0 saturated heterocycles. The molecule has 12 aromatic rings. The number of fused-ring (bicyclic) bond motifs is 5. The molecule has 0 spiro atoms. The van der Waals surface area contributed by atoms with Crippen molar-refractivity contribution < 1.29 is 27.9 Å². The Labute approximate surface area is 541 Å². The van der Waals surface area contributed by atoms with Gasteiger partial charge in [-0.15, -0.1) is 0 Å². The highest BCUT2D eigenvalue weighted by Crippen LogP contribution is 2.48. The number of ether oxygens (including phenoxy) is 1. The van der Waals surface area contributed by atoms with Crippen LogP contribution in [0.3, 0.4) is 0 Å². The van der Waals surface area contributed by atoms with Gasteiger partial charge < -0.3 is 36.0 Å². The third kappa shape index (κ3) is 13.5. The van der Waals surface area contributed by atoms with Crippen LogP contribution in [-0.2, 0) is 21.9 Å². The Morgan fingerprint density at radius 3 is 1.51 bits per heavy atom. The van der Waals surface area contributed by atoms with Gasteiger partial charge in [0, 0.05) is 80.9 Å². The van der Waals surface area contributed by atoms with Gasteiger partial charge in [-0.05, 0) is 257 Å². The van der Waals surface area contributed by atoms with E-state index in [0.717, 1.165) is 90.7 Å². The molecule has 0 unspecified atom stereocenters. The van der Waals surface area contributed by atoms with Crippen molar-refractivity contribution in [2.45, 2.75) is 67.7 Å². The number of nitrogens with zero attached hydrogens (tertiary/aromatic N) is 5. The minimum absolute atomic E-state index is 0.232. The average Bonchev–Trinajstić information content (AvgIpc) is 1.60. The summed E-state index contributed by atoms with van der Waals surface area (Å²) in [6, 6.07) is 68.0. The van der Waals surface area contributed by atoms with Gasteiger partial charge in [-0.1, -0.05) is 66.7 Å². The van der Waals surface area contributed by atoms with Crippen LogP contribution >= 0.6 is 0 Å². The molecule has 5 heterocycles. The standard InChI is InChI=1S/C16H13F2NO.C16H18N2.C16H16N2.C16H13NO2.C15H14N2O/c1-10-7-11(2)9-12(8-10)19-14-6-4-3-5-13(14)16(17,18)15(19)20;2*1-11-7-12(2)9-15(8-11)18-6-5-13-3-4-14(17)10-16(13)18;1-10-7-11(2)9-12(8-10)17-14-6-4-3-5-13(14)15(18)16(17)19;1-18-14-5-3-13(4-6-14)17-9-8-11-10-12(16)2-7-15(11)17/h3-9H,1-2H3;3-4,7-10H,5-6,17H2,1-2H3;3-10H,17H2,1-2H3;3-9H,1-2H3;2-10H,16H2,1H3. The number of aromatic nitrogens is 2. The highest BCUT2D eigenvalue weighted by Gasteiger charge is 2.53. The number of carbonyl (C=O) groups is 3. The molecule has 3 aliphatic heterocycles. The Bertz CT molecular complexity index is 4750. The van der Waals surface area contributed by atoms with Crippen LogP contribution in [0.1, 0.15) is 66.0 Å². The van der Waals surface area contributed by atoms with Gasteiger partial charge in [0.15, 0.2) is 0 Å². The number of benzene rings is 10. The van der Waals surface area contributed by atoms with E-state index in [0.29, 0.717) is 16.9 Å². The largest absolute Gasteiger partial charge is 0.497 e. The number of nitrogen functional groups attached to an aromatic ring is 3. The number of alkyl halides is 2. The highest BCUT2D eigenvalue weighted by molar-refractivity contribution is 6.53. The van der Waals surface area contributed by atoms with Gasteiger partial charge >= 0.3 is 17.7 Å². The van der Waals surface area contributed by atoms with Crippen LogP contribution in [0.15, 0.2) is 225 Å². The second-order valence-electron chi connectivity index (χ2n) is 24.1. The Kier molecular flexibility index (Phi) is 17.9. The molecule has 12 nitrogen and oxygen atoms in total. The van der Waals surface area contributed by atoms with Crippen molar-refractivity contribution >= 4 is 90.6 Å². The van der Waals surface area contributed by atoms with Gasteiger partial charge in [0.1, 0.15) is 5.75 Å². The lowest BCUT2D eigenvalue weighted by Gasteiger charge is -2.21. The van der Waals surface area contributed by atoms with Crippen molar-refractivity contribution in [1.29, 1.82) is 0 Å². The topological polar surface area (TPSA) is 158 Å². The van der Waals surface area contributed by atoms with E-state index in [9.17, 15) is 23.2 Å². The minimum Gasteiger partial charge on any atom is -0.497 e. The third-order valence-electron chi connectivity index (χ3n) is 16.5. The van der Waals surface area contributed by atoms with Crippen LogP contribution in [0, 0.1) is 55.4 Å². The Morgan fingerprint density at radius 2 is 0.903 bits per heavy atom. The lowest BCUT2D eigenvalue weighted by Crippen LogP contribution is -2.31. The SMILES string of the molecule is COc1ccc(-n2ccc3cc(N)ccc32)cc1.Cc1cc(C)cc(-n2ccc3ccc(N)cc32)c1.Cc1cc(C)cc(N2C(=O)C(=O)c3ccccc32)c1.Cc1cc(C)cc(N2C(=O)C(F)(F)c3ccccc32)c1.Cc1cc(C)cc(N2CCc3ccc(N)cc32)c1. The summed E-state index contributed by atoms with van der Waals surface area (Å²) < 4.78 is 37.6. The van der Waals surface area contributed by atoms with Gasteiger partial charge in [0.25, 0.3) is 5.78 Å². The van der Waals surface area contributed by atoms with E-state index in [1.54, 1.807) is 49.6 Å². The number of rotatable bonds is 6. The van der Waals surface area contributed by atoms with Crippen LogP contribution in [-0.4, -0.2) is 40.4 Å². The Morgan fingerprint density at radius 1 is 0.419 bits per heavy atom. The monoisotopic (exact) mass is 1240 g/mol.